The molecule has 0 bridgehead atoms. The third kappa shape index (κ3) is 1.17. The van der Waals surface area contributed by atoms with Crippen molar-refractivity contribution in [3.8, 4) is 0 Å². The van der Waals surface area contributed by atoms with Crippen molar-refractivity contribution in [3.63, 3.8) is 0 Å². The highest BCUT2D eigenvalue weighted by Gasteiger charge is 2.36. The Morgan fingerprint density at radius 1 is 1.17 bits per heavy atom. The van der Waals surface area contributed by atoms with E-state index in [0.29, 0.717) is 0 Å². The van der Waals surface area contributed by atoms with Gasteiger partial charge in [0.05, 0.1) is 5.92 Å². The normalized spacial score (nSPS) is 35.0. The second-order valence-corrected chi connectivity index (χ2v) is 3.46. The Hall–Kier alpha value is -1.06. The van der Waals surface area contributed by atoms with Crippen molar-refractivity contribution in [3.05, 3.63) is 0 Å². The van der Waals surface area contributed by atoms with E-state index < -0.39 is 0 Å². The summed E-state index contributed by atoms with van der Waals surface area (Å²) >= 11 is 0. The summed E-state index contributed by atoms with van der Waals surface area (Å²) in [6.07, 6.45) is 4.08. The number of carbonyl (C=O) groups excluding carboxylic acids is 2. The first-order valence-electron chi connectivity index (χ1n) is 4.39. The van der Waals surface area contributed by atoms with Gasteiger partial charge in [-0.3, -0.25) is 10.1 Å². The Bertz CT molecular complexity index is 227. The van der Waals surface area contributed by atoms with Crippen LogP contribution in [0.4, 0.5) is 4.79 Å². The molecule has 0 aromatic carbocycles. The summed E-state index contributed by atoms with van der Waals surface area (Å²) in [5.74, 6) is -0.0695. The van der Waals surface area contributed by atoms with Gasteiger partial charge in [0.2, 0.25) is 5.91 Å². The summed E-state index contributed by atoms with van der Waals surface area (Å²) in [7, 11) is 0. The minimum absolute atomic E-state index is 0.0245. The van der Waals surface area contributed by atoms with Crippen molar-refractivity contribution < 1.29 is 9.59 Å². The van der Waals surface area contributed by atoms with Crippen molar-refractivity contribution >= 4 is 11.9 Å². The summed E-state index contributed by atoms with van der Waals surface area (Å²) in [5, 5.41) is 5.07. The molecule has 66 valence electrons. The molecule has 12 heavy (non-hydrogen) atoms. The van der Waals surface area contributed by atoms with Gasteiger partial charge in [-0.25, -0.2) is 4.79 Å². The molecule has 0 aromatic heterocycles. The maximum Gasteiger partial charge on any atom is 0.321 e. The van der Waals surface area contributed by atoms with Crippen LogP contribution in [0.3, 0.4) is 0 Å². The molecule has 0 unspecified atom stereocenters. The van der Waals surface area contributed by atoms with Crippen LogP contribution in [0.15, 0.2) is 0 Å². The number of amides is 3. The molecule has 0 aromatic rings. The number of imide groups is 1. The number of hydrogen-bond acceptors (Lipinski definition) is 2. The number of urea groups is 1. The lowest BCUT2D eigenvalue weighted by Gasteiger charge is -2.34. The van der Waals surface area contributed by atoms with Crippen LogP contribution in [0.25, 0.3) is 0 Å². The van der Waals surface area contributed by atoms with E-state index in [0.717, 1.165) is 25.7 Å². The van der Waals surface area contributed by atoms with E-state index in [1.54, 1.807) is 0 Å². The van der Waals surface area contributed by atoms with E-state index in [4.69, 9.17) is 0 Å². The van der Waals surface area contributed by atoms with Gasteiger partial charge >= 0.3 is 6.03 Å². The average Bonchev–Trinajstić information content (AvgIpc) is 2.04. The van der Waals surface area contributed by atoms with Crippen molar-refractivity contribution in [2.45, 2.75) is 31.7 Å². The Labute approximate surface area is 70.7 Å². The fourth-order valence-electron chi connectivity index (χ4n) is 2.03. The second-order valence-electron chi connectivity index (χ2n) is 3.46. The van der Waals surface area contributed by atoms with E-state index in [2.05, 4.69) is 10.6 Å². The van der Waals surface area contributed by atoms with Crippen LogP contribution in [-0.4, -0.2) is 18.0 Å². The fraction of sp³-hybridized carbons (Fsp3) is 0.750. The lowest BCUT2D eigenvalue weighted by atomic mass is 9.83. The van der Waals surface area contributed by atoms with Crippen molar-refractivity contribution in [2.75, 3.05) is 0 Å². The second kappa shape index (κ2) is 2.77. The summed E-state index contributed by atoms with van der Waals surface area (Å²) in [6, 6.07) is -0.233. The van der Waals surface area contributed by atoms with E-state index in [-0.39, 0.29) is 23.9 Å². The van der Waals surface area contributed by atoms with Crippen LogP contribution in [0.1, 0.15) is 25.7 Å². The predicted molar refractivity (Wildman–Crippen MR) is 42.4 cm³/mol. The monoisotopic (exact) mass is 168 g/mol. The molecular weight excluding hydrogens is 156 g/mol. The summed E-state index contributed by atoms with van der Waals surface area (Å²) in [5.41, 5.74) is 0. The van der Waals surface area contributed by atoms with Gasteiger partial charge in [0, 0.05) is 6.04 Å². The van der Waals surface area contributed by atoms with Gasteiger partial charge in [-0.2, -0.15) is 0 Å². The van der Waals surface area contributed by atoms with Gasteiger partial charge in [-0.1, -0.05) is 12.8 Å². The van der Waals surface area contributed by atoms with Gasteiger partial charge < -0.3 is 5.32 Å². The number of fused-ring (bicyclic) bond motifs is 1. The molecule has 2 rings (SSSR count). The van der Waals surface area contributed by atoms with E-state index >= 15 is 0 Å². The third-order valence-corrected chi connectivity index (χ3v) is 2.66. The molecule has 1 saturated heterocycles. The first kappa shape index (κ1) is 7.58. The van der Waals surface area contributed by atoms with E-state index in [9.17, 15) is 9.59 Å². The average molecular weight is 168 g/mol. The lowest BCUT2D eigenvalue weighted by molar-refractivity contribution is -0.126. The van der Waals surface area contributed by atoms with Crippen LogP contribution in [-0.2, 0) is 4.79 Å². The smallest absolute Gasteiger partial charge is 0.321 e. The van der Waals surface area contributed by atoms with Gasteiger partial charge in [0.1, 0.15) is 0 Å². The minimum atomic E-state index is -0.330. The van der Waals surface area contributed by atoms with Gasteiger partial charge in [0.25, 0.3) is 0 Å². The van der Waals surface area contributed by atoms with E-state index in [1.165, 1.54) is 0 Å². The van der Waals surface area contributed by atoms with Crippen molar-refractivity contribution in [1.29, 1.82) is 0 Å². The number of hydrogen-bond donors (Lipinski definition) is 2. The zero-order valence-corrected chi connectivity index (χ0v) is 6.80. The first-order chi connectivity index (χ1) is 5.77. The van der Waals surface area contributed by atoms with Crippen LogP contribution in [0.5, 0.6) is 0 Å². The number of carbonyl (C=O) groups is 2. The highest BCUT2D eigenvalue weighted by Crippen LogP contribution is 2.26. The largest absolute Gasteiger partial charge is 0.334 e. The standard InChI is InChI=1S/C8H12N2O2/c11-7-5-3-1-2-4-6(5)9-8(12)10-7/h5-6H,1-4H2,(H2,9,10,11,12)/t5-,6-/m1/s1. The molecule has 0 spiro atoms. The first-order valence-corrected chi connectivity index (χ1v) is 4.39. The summed E-state index contributed by atoms with van der Waals surface area (Å²) in [6.45, 7) is 0. The fourth-order valence-corrected chi connectivity index (χ4v) is 2.03. The predicted octanol–water partition coefficient (Wildman–Crippen LogP) is 0.385. The minimum Gasteiger partial charge on any atom is -0.334 e. The molecule has 4 heteroatoms. The van der Waals surface area contributed by atoms with Gasteiger partial charge in [0.15, 0.2) is 0 Å². The van der Waals surface area contributed by atoms with Crippen molar-refractivity contribution in [1.82, 2.24) is 10.6 Å². The Morgan fingerprint density at radius 2 is 1.92 bits per heavy atom. The Morgan fingerprint density at radius 3 is 2.75 bits per heavy atom. The maximum absolute atomic E-state index is 11.3. The molecule has 2 N–H and O–H groups in total. The van der Waals surface area contributed by atoms with Crippen LogP contribution in [0, 0.1) is 5.92 Å². The highest BCUT2D eigenvalue weighted by molar-refractivity contribution is 5.98. The zero-order chi connectivity index (χ0) is 8.55. The number of nitrogens with one attached hydrogen (secondary N) is 2. The van der Waals surface area contributed by atoms with Gasteiger partial charge in [-0.15, -0.1) is 0 Å². The van der Waals surface area contributed by atoms with Crippen LogP contribution >= 0.6 is 0 Å². The molecule has 1 aliphatic carbocycles. The highest BCUT2D eigenvalue weighted by atomic mass is 16.2. The zero-order valence-electron chi connectivity index (χ0n) is 6.80. The Balaban J connectivity index is 2.11. The summed E-state index contributed by atoms with van der Waals surface area (Å²) in [4.78, 5) is 22.2. The molecule has 1 saturated carbocycles. The molecular formula is C8H12N2O2. The number of rotatable bonds is 0. The molecule has 1 heterocycles. The summed E-state index contributed by atoms with van der Waals surface area (Å²) < 4.78 is 0. The lowest BCUT2D eigenvalue weighted by Crippen LogP contribution is -2.58. The Kier molecular flexibility index (Phi) is 1.75. The maximum atomic E-state index is 11.3. The molecule has 2 aliphatic rings. The van der Waals surface area contributed by atoms with E-state index in [1.807, 2.05) is 0 Å². The molecule has 1 aliphatic heterocycles. The SMILES string of the molecule is O=C1NC(=O)[C@@H]2CCCC[C@H]2N1. The van der Waals surface area contributed by atoms with Crippen LogP contribution < -0.4 is 10.6 Å². The molecule has 2 atom stereocenters. The third-order valence-electron chi connectivity index (χ3n) is 2.66. The van der Waals surface area contributed by atoms with Gasteiger partial charge in [-0.05, 0) is 12.8 Å². The molecule has 0 radical (unpaired) electrons. The van der Waals surface area contributed by atoms with Crippen molar-refractivity contribution in [2.24, 2.45) is 5.92 Å². The molecule has 4 nitrogen and oxygen atoms in total. The quantitative estimate of drug-likeness (QED) is 0.549. The molecule has 2 fully saturated rings. The van der Waals surface area contributed by atoms with Crippen LogP contribution in [0.2, 0.25) is 0 Å². The molecule has 3 amide bonds. The topological polar surface area (TPSA) is 58.2 Å².